The molecule has 3 aromatic heterocycles. The number of halogens is 1. The van der Waals surface area contributed by atoms with Gasteiger partial charge in [0.25, 0.3) is 0 Å². The average Bonchev–Trinajstić information content (AvgIpc) is 2.90. The molecule has 1 saturated heterocycles. The van der Waals surface area contributed by atoms with E-state index in [-0.39, 0.29) is 10.9 Å². The smallest absolute Gasteiger partial charge is 0.197 e. The maximum absolute atomic E-state index is 13.7. The van der Waals surface area contributed by atoms with Gasteiger partial charge in [0.15, 0.2) is 10.9 Å². The predicted molar refractivity (Wildman–Crippen MR) is 147 cm³/mol. The van der Waals surface area contributed by atoms with Crippen molar-refractivity contribution < 1.29 is 4.74 Å². The van der Waals surface area contributed by atoms with Gasteiger partial charge in [-0.15, -0.1) is 0 Å². The number of ether oxygens (including phenoxy) is 1. The molecule has 0 amide bonds. The molecular formula is C29H26BrN3O3. The van der Waals surface area contributed by atoms with Crippen molar-refractivity contribution in [2.75, 3.05) is 26.2 Å². The van der Waals surface area contributed by atoms with Crippen LogP contribution < -0.4 is 15.6 Å². The van der Waals surface area contributed by atoms with Crippen molar-refractivity contribution in [3.63, 3.8) is 0 Å². The number of nitrogens with zero attached hydrogens (tertiary/aromatic N) is 3. The summed E-state index contributed by atoms with van der Waals surface area (Å²) in [6, 6.07) is 13.1. The van der Waals surface area contributed by atoms with E-state index in [1.807, 2.05) is 40.9 Å². The van der Waals surface area contributed by atoms with Gasteiger partial charge in [-0.3, -0.25) is 19.5 Å². The van der Waals surface area contributed by atoms with Crippen molar-refractivity contribution in [2.45, 2.75) is 25.7 Å². The normalized spacial score (nSPS) is 14.7. The molecule has 36 heavy (non-hydrogen) atoms. The van der Waals surface area contributed by atoms with Crippen molar-refractivity contribution in [3.05, 3.63) is 97.1 Å². The van der Waals surface area contributed by atoms with Crippen molar-refractivity contribution in [1.29, 1.82) is 0 Å². The number of fused-ring (bicyclic) bond motifs is 2. The van der Waals surface area contributed by atoms with Crippen LogP contribution in [0, 0.1) is 0 Å². The molecule has 6 nitrogen and oxygen atoms in total. The Kier molecular flexibility index (Phi) is 6.19. The summed E-state index contributed by atoms with van der Waals surface area (Å²) in [4.78, 5) is 33.9. The third-order valence-corrected chi connectivity index (χ3v) is 7.59. The Morgan fingerprint density at radius 1 is 0.944 bits per heavy atom. The zero-order valence-corrected chi connectivity index (χ0v) is 21.5. The van der Waals surface area contributed by atoms with Crippen molar-refractivity contribution >= 4 is 43.1 Å². The number of hydrogen-bond acceptors (Lipinski definition) is 5. The molecule has 0 saturated carbocycles. The molecule has 0 N–H and O–H groups in total. The molecule has 2 aromatic carbocycles. The van der Waals surface area contributed by atoms with E-state index in [0.29, 0.717) is 46.0 Å². The highest BCUT2D eigenvalue weighted by molar-refractivity contribution is 9.10. The SMILES string of the molecule is O=c1c(Cc2cccnc2)cn2c3ccc(Br)cc3c(=O)c3cc(OCCN4CCCCC4)cc1c32. The van der Waals surface area contributed by atoms with Crippen LogP contribution in [0.4, 0.5) is 0 Å². The third kappa shape index (κ3) is 4.27. The summed E-state index contributed by atoms with van der Waals surface area (Å²) in [6.07, 6.45) is 9.57. The van der Waals surface area contributed by atoms with Gasteiger partial charge in [-0.25, -0.2) is 0 Å². The van der Waals surface area contributed by atoms with Crippen LogP contribution in [-0.2, 0) is 6.42 Å². The third-order valence-electron chi connectivity index (χ3n) is 7.10. The van der Waals surface area contributed by atoms with Gasteiger partial charge in [-0.05, 0) is 67.9 Å². The van der Waals surface area contributed by atoms with E-state index in [0.717, 1.165) is 35.2 Å². The van der Waals surface area contributed by atoms with Crippen LogP contribution >= 0.6 is 15.9 Å². The molecule has 0 aliphatic carbocycles. The molecule has 182 valence electrons. The van der Waals surface area contributed by atoms with Gasteiger partial charge in [0.05, 0.1) is 21.8 Å². The topological polar surface area (TPSA) is 63.9 Å². The number of rotatable bonds is 6. The molecule has 7 heteroatoms. The van der Waals surface area contributed by atoms with Gasteiger partial charge >= 0.3 is 0 Å². The zero-order valence-electron chi connectivity index (χ0n) is 19.9. The van der Waals surface area contributed by atoms with Gasteiger partial charge in [0, 0.05) is 47.0 Å². The first-order chi connectivity index (χ1) is 17.6. The van der Waals surface area contributed by atoms with Crippen molar-refractivity contribution in [1.82, 2.24) is 14.3 Å². The van der Waals surface area contributed by atoms with E-state index in [2.05, 4.69) is 25.8 Å². The minimum atomic E-state index is -0.0998. The molecule has 1 fully saturated rings. The van der Waals surface area contributed by atoms with E-state index >= 15 is 0 Å². The van der Waals surface area contributed by atoms with Crippen molar-refractivity contribution in [3.8, 4) is 5.75 Å². The van der Waals surface area contributed by atoms with E-state index < -0.39 is 0 Å². The lowest BCUT2D eigenvalue weighted by atomic mass is 10.0. The zero-order chi connectivity index (χ0) is 24.6. The first-order valence-electron chi connectivity index (χ1n) is 12.4. The summed E-state index contributed by atoms with van der Waals surface area (Å²) in [5.74, 6) is 0.559. The molecule has 5 aromatic rings. The van der Waals surface area contributed by atoms with Gasteiger partial charge < -0.3 is 9.14 Å². The molecule has 1 aliphatic heterocycles. The maximum Gasteiger partial charge on any atom is 0.197 e. The van der Waals surface area contributed by atoms with E-state index in [1.165, 1.54) is 19.3 Å². The first-order valence-corrected chi connectivity index (χ1v) is 13.2. The van der Waals surface area contributed by atoms with E-state index in [9.17, 15) is 9.59 Å². The van der Waals surface area contributed by atoms with Gasteiger partial charge in [-0.1, -0.05) is 28.4 Å². The fraction of sp³-hybridized carbons (Fsp3) is 0.276. The molecule has 4 heterocycles. The minimum absolute atomic E-state index is 0.0822. The van der Waals surface area contributed by atoms with Crippen LogP contribution in [0.25, 0.3) is 27.2 Å². The van der Waals surface area contributed by atoms with Gasteiger partial charge in [0.1, 0.15) is 12.4 Å². The number of likely N-dealkylation sites (tertiary alicyclic amines) is 1. The second kappa shape index (κ2) is 9.64. The molecule has 1 aliphatic rings. The van der Waals surface area contributed by atoms with Crippen LogP contribution in [0.2, 0.25) is 0 Å². The Labute approximate surface area is 216 Å². The first kappa shape index (κ1) is 23.1. The Morgan fingerprint density at radius 3 is 2.53 bits per heavy atom. The second-order valence-corrected chi connectivity index (χ2v) is 10.4. The fourth-order valence-corrected chi connectivity index (χ4v) is 5.67. The summed E-state index contributed by atoms with van der Waals surface area (Å²) in [7, 11) is 0. The Hall–Kier alpha value is -3.29. The highest BCUT2D eigenvalue weighted by Gasteiger charge is 2.18. The number of aromatic nitrogens is 2. The summed E-state index contributed by atoms with van der Waals surface area (Å²) in [5.41, 5.74) is 2.83. The van der Waals surface area contributed by atoms with Crippen LogP contribution in [0.15, 0.2) is 75.1 Å². The van der Waals surface area contributed by atoms with Crippen LogP contribution in [-0.4, -0.2) is 40.5 Å². The Balaban J connectivity index is 1.51. The number of pyridine rings is 3. The van der Waals surface area contributed by atoms with Gasteiger partial charge in [-0.2, -0.15) is 0 Å². The van der Waals surface area contributed by atoms with E-state index in [1.54, 1.807) is 24.5 Å². The fourth-order valence-electron chi connectivity index (χ4n) is 5.31. The quantitative estimate of drug-likeness (QED) is 0.222. The van der Waals surface area contributed by atoms with Crippen LogP contribution in [0.3, 0.4) is 0 Å². The number of piperidine rings is 1. The highest BCUT2D eigenvalue weighted by atomic mass is 79.9. The summed E-state index contributed by atoms with van der Waals surface area (Å²) in [5, 5.41) is 1.60. The monoisotopic (exact) mass is 543 g/mol. The summed E-state index contributed by atoms with van der Waals surface area (Å²) >= 11 is 3.50. The molecule has 0 radical (unpaired) electrons. The maximum atomic E-state index is 13.7. The van der Waals surface area contributed by atoms with Crippen molar-refractivity contribution in [2.24, 2.45) is 0 Å². The standard InChI is InChI=1S/C29H26BrN3O3/c30-21-6-7-26-23(14-21)29(35)25-16-22(36-12-11-32-9-2-1-3-10-32)15-24-27(25)33(26)18-20(28(24)34)13-19-5-4-8-31-17-19/h4-8,14-18H,1-3,9-13H2. The minimum Gasteiger partial charge on any atom is -0.492 e. The number of benzene rings is 2. The molecule has 0 spiro atoms. The summed E-state index contributed by atoms with van der Waals surface area (Å²) < 4.78 is 8.95. The van der Waals surface area contributed by atoms with Crippen LogP contribution in [0.1, 0.15) is 30.4 Å². The summed E-state index contributed by atoms with van der Waals surface area (Å²) in [6.45, 7) is 3.55. The number of hydrogen-bond donors (Lipinski definition) is 0. The van der Waals surface area contributed by atoms with Gasteiger partial charge in [0.2, 0.25) is 0 Å². The van der Waals surface area contributed by atoms with E-state index in [4.69, 9.17) is 4.74 Å². The molecule has 6 rings (SSSR count). The lowest BCUT2D eigenvalue weighted by molar-refractivity contribution is 0.183. The predicted octanol–water partition coefficient (Wildman–Crippen LogP) is 5.02. The molecular weight excluding hydrogens is 518 g/mol. The largest absolute Gasteiger partial charge is 0.492 e. The second-order valence-electron chi connectivity index (χ2n) is 9.50. The molecule has 0 bridgehead atoms. The average molecular weight is 544 g/mol. The molecule has 0 atom stereocenters. The highest BCUT2D eigenvalue weighted by Crippen LogP contribution is 2.28. The lowest BCUT2D eigenvalue weighted by Crippen LogP contribution is -2.33. The Bertz CT molecular complexity index is 1680. The van der Waals surface area contributed by atoms with Crippen LogP contribution in [0.5, 0.6) is 5.75 Å². The Morgan fingerprint density at radius 2 is 1.75 bits per heavy atom. The lowest BCUT2D eigenvalue weighted by Gasteiger charge is -2.26. The molecule has 0 unspecified atom stereocenters.